The van der Waals surface area contributed by atoms with E-state index in [1.54, 1.807) is 0 Å². The SMILES string of the molecule is C[C@]12C[C@@H]3S[C@@H]3C[C@@H]1CC[C@H]1[C@H]2CC[C@]2(C)[C@@H]1CC[C@@H]2O. The predicted octanol–water partition coefficient (Wildman–Crippen LogP) is 4.48. The van der Waals surface area contributed by atoms with Gasteiger partial charge in [-0.25, -0.2) is 0 Å². The monoisotopic (exact) mass is 306 g/mol. The third kappa shape index (κ3) is 1.70. The third-order valence-corrected chi connectivity index (χ3v) is 10.3. The smallest absolute Gasteiger partial charge is 0.0596 e. The molecule has 2 heteroatoms. The van der Waals surface area contributed by atoms with E-state index in [0.29, 0.717) is 5.41 Å². The van der Waals surface area contributed by atoms with Crippen molar-refractivity contribution < 1.29 is 5.11 Å². The van der Waals surface area contributed by atoms with Crippen LogP contribution in [0.4, 0.5) is 0 Å². The zero-order chi connectivity index (χ0) is 14.4. The van der Waals surface area contributed by atoms with Gasteiger partial charge in [0.2, 0.25) is 0 Å². The zero-order valence-electron chi connectivity index (χ0n) is 13.6. The summed E-state index contributed by atoms with van der Waals surface area (Å²) in [5.74, 6) is 3.75. The quantitative estimate of drug-likeness (QED) is 0.666. The van der Waals surface area contributed by atoms with Crippen LogP contribution in [0.1, 0.15) is 65.2 Å². The maximum Gasteiger partial charge on any atom is 0.0596 e. The lowest BCUT2D eigenvalue weighted by molar-refractivity contribution is -0.116. The maximum atomic E-state index is 10.5. The molecule has 0 amide bonds. The Morgan fingerprint density at radius 3 is 2.57 bits per heavy atom. The Hall–Kier alpha value is 0.310. The summed E-state index contributed by atoms with van der Waals surface area (Å²) in [5, 5.41) is 12.6. The molecule has 4 aliphatic carbocycles. The summed E-state index contributed by atoms with van der Waals surface area (Å²) in [6.07, 6.45) is 11.1. The molecule has 118 valence electrons. The summed E-state index contributed by atoms with van der Waals surface area (Å²) in [5.41, 5.74) is 0.901. The molecule has 0 aromatic rings. The van der Waals surface area contributed by atoms with Crippen LogP contribution in [0.25, 0.3) is 0 Å². The number of thioether (sulfide) groups is 1. The summed E-state index contributed by atoms with van der Waals surface area (Å²) in [7, 11) is 0. The van der Waals surface area contributed by atoms with Crippen LogP contribution in [0.15, 0.2) is 0 Å². The average molecular weight is 307 g/mol. The van der Waals surface area contributed by atoms with Gasteiger partial charge in [0.25, 0.3) is 0 Å². The molecule has 1 nitrogen and oxygen atoms in total. The van der Waals surface area contributed by atoms with Crippen molar-refractivity contribution in [2.75, 3.05) is 0 Å². The number of hydrogen-bond donors (Lipinski definition) is 1. The van der Waals surface area contributed by atoms with E-state index < -0.39 is 0 Å². The van der Waals surface area contributed by atoms with Gasteiger partial charge in [-0.1, -0.05) is 13.8 Å². The molecule has 1 N–H and O–H groups in total. The van der Waals surface area contributed by atoms with Crippen LogP contribution in [-0.2, 0) is 0 Å². The third-order valence-electron chi connectivity index (χ3n) is 8.86. The van der Waals surface area contributed by atoms with Crippen molar-refractivity contribution in [1.29, 1.82) is 0 Å². The molecule has 0 unspecified atom stereocenters. The Morgan fingerprint density at radius 1 is 0.905 bits per heavy atom. The molecule has 0 radical (unpaired) electrons. The van der Waals surface area contributed by atoms with E-state index in [2.05, 4.69) is 25.6 Å². The van der Waals surface area contributed by atoms with E-state index >= 15 is 0 Å². The number of hydrogen-bond acceptors (Lipinski definition) is 2. The van der Waals surface area contributed by atoms with Crippen molar-refractivity contribution in [3.05, 3.63) is 0 Å². The molecule has 5 fully saturated rings. The fourth-order valence-corrected chi connectivity index (χ4v) is 8.86. The molecule has 1 aliphatic heterocycles. The Bertz CT molecular complexity index is 464. The van der Waals surface area contributed by atoms with Crippen LogP contribution in [0, 0.1) is 34.5 Å². The topological polar surface area (TPSA) is 20.2 Å². The Balaban J connectivity index is 1.47. The highest BCUT2D eigenvalue weighted by molar-refractivity contribution is 8.07. The van der Waals surface area contributed by atoms with Gasteiger partial charge in [-0.3, -0.25) is 0 Å². The van der Waals surface area contributed by atoms with Crippen LogP contribution in [0.3, 0.4) is 0 Å². The second kappa shape index (κ2) is 4.23. The highest BCUT2D eigenvalue weighted by Gasteiger charge is 2.63. The van der Waals surface area contributed by atoms with Crippen LogP contribution in [0.2, 0.25) is 0 Å². The summed E-state index contributed by atoms with van der Waals surface area (Å²) in [6.45, 7) is 5.07. The molecule has 5 rings (SSSR count). The van der Waals surface area contributed by atoms with Gasteiger partial charge >= 0.3 is 0 Å². The minimum Gasteiger partial charge on any atom is -0.393 e. The van der Waals surface area contributed by atoms with E-state index in [-0.39, 0.29) is 11.5 Å². The molecule has 0 aromatic carbocycles. The second-order valence-corrected chi connectivity index (χ2v) is 10.9. The molecule has 1 saturated heterocycles. The molecule has 0 spiro atoms. The van der Waals surface area contributed by atoms with E-state index in [4.69, 9.17) is 0 Å². The normalized spacial score (nSPS) is 65.0. The largest absolute Gasteiger partial charge is 0.393 e. The Kier molecular flexibility index (Phi) is 2.76. The first-order valence-electron chi connectivity index (χ1n) is 9.36. The average Bonchev–Trinajstić information content (AvgIpc) is 3.12. The maximum absolute atomic E-state index is 10.5. The molecule has 9 atom stereocenters. The lowest BCUT2D eigenvalue weighted by atomic mass is 9.45. The second-order valence-electron chi connectivity index (χ2n) is 9.45. The Morgan fingerprint density at radius 2 is 1.71 bits per heavy atom. The summed E-state index contributed by atoms with van der Waals surface area (Å²) in [4.78, 5) is 0. The first kappa shape index (κ1) is 13.7. The van der Waals surface area contributed by atoms with E-state index in [0.717, 1.165) is 40.6 Å². The van der Waals surface area contributed by atoms with Gasteiger partial charge in [0.15, 0.2) is 0 Å². The van der Waals surface area contributed by atoms with Crippen molar-refractivity contribution in [2.45, 2.75) is 81.8 Å². The number of aliphatic hydroxyl groups is 1. The molecule has 0 bridgehead atoms. The molecular weight excluding hydrogens is 276 g/mol. The van der Waals surface area contributed by atoms with Crippen LogP contribution in [0.5, 0.6) is 0 Å². The first-order chi connectivity index (χ1) is 10.0. The number of fused-ring (bicyclic) bond motifs is 6. The van der Waals surface area contributed by atoms with Gasteiger partial charge in [-0.05, 0) is 85.9 Å². The van der Waals surface area contributed by atoms with Crippen molar-refractivity contribution >= 4 is 11.8 Å². The molecule has 4 saturated carbocycles. The molecule has 21 heavy (non-hydrogen) atoms. The van der Waals surface area contributed by atoms with Gasteiger partial charge < -0.3 is 5.11 Å². The van der Waals surface area contributed by atoms with Gasteiger partial charge in [-0.15, -0.1) is 0 Å². The van der Waals surface area contributed by atoms with Crippen LogP contribution < -0.4 is 0 Å². The Labute approximate surface area is 133 Å². The lowest BCUT2D eigenvalue weighted by Crippen LogP contribution is -2.54. The van der Waals surface area contributed by atoms with Crippen LogP contribution in [-0.4, -0.2) is 21.7 Å². The highest BCUT2D eigenvalue weighted by atomic mass is 32.2. The van der Waals surface area contributed by atoms with Crippen molar-refractivity contribution in [3.8, 4) is 0 Å². The molecule has 5 aliphatic rings. The minimum absolute atomic E-state index is 0.0105. The van der Waals surface area contributed by atoms with Gasteiger partial charge in [0.05, 0.1) is 6.10 Å². The van der Waals surface area contributed by atoms with E-state index in [1.165, 1.54) is 44.9 Å². The van der Waals surface area contributed by atoms with Crippen LogP contribution >= 0.6 is 11.8 Å². The summed E-state index contributed by atoms with van der Waals surface area (Å²) >= 11 is 2.28. The van der Waals surface area contributed by atoms with Gasteiger partial charge in [0, 0.05) is 10.5 Å². The van der Waals surface area contributed by atoms with Gasteiger partial charge in [0.1, 0.15) is 0 Å². The van der Waals surface area contributed by atoms with Crippen molar-refractivity contribution in [1.82, 2.24) is 0 Å². The lowest BCUT2D eigenvalue weighted by Gasteiger charge is -2.60. The summed E-state index contributed by atoms with van der Waals surface area (Å²) in [6, 6.07) is 0. The molecule has 1 heterocycles. The zero-order valence-corrected chi connectivity index (χ0v) is 14.4. The standard InChI is InChI=1S/C19H30OS/c1-18-8-7-14-12(13(18)5-6-17(18)20)4-3-11-9-15-16(21-15)10-19(11,14)2/h11-17,20H,3-10H2,1-2H3/t11-,12+,13+,14+,15+,16-,17-,18+,19-/m0/s1. The van der Waals surface area contributed by atoms with Gasteiger partial charge in [-0.2, -0.15) is 11.8 Å². The van der Waals surface area contributed by atoms with Crippen molar-refractivity contribution in [3.63, 3.8) is 0 Å². The minimum atomic E-state index is -0.0105. The molecule has 0 aromatic heterocycles. The molecular formula is C19H30OS. The highest BCUT2D eigenvalue weighted by Crippen LogP contribution is 2.70. The summed E-state index contributed by atoms with van der Waals surface area (Å²) < 4.78 is 0. The number of aliphatic hydroxyl groups excluding tert-OH is 1. The predicted molar refractivity (Wildman–Crippen MR) is 88.3 cm³/mol. The van der Waals surface area contributed by atoms with E-state index in [1.807, 2.05) is 0 Å². The van der Waals surface area contributed by atoms with Crippen molar-refractivity contribution in [2.24, 2.45) is 34.5 Å². The fraction of sp³-hybridized carbons (Fsp3) is 1.00. The number of rotatable bonds is 0. The van der Waals surface area contributed by atoms with E-state index in [9.17, 15) is 5.11 Å². The first-order valence-corrected chi connectivity index (χ1v) is 10.3. The fourth-order valence-electron chi connectivity index (χ4n) is 7.49.